The van der Waals surface area contributed by atoms with Crippen LogP contribution in [0.3, 0.4) is 0 Å². The molecule has 2 heterocycles. The Balaban J connectivity index is 2.22. The molecule has 0 saturated carbocycles. The third-order valence-electron chi connectivity index (χ3n) is 2.52. The first kappa shape index (κ1) is 10.2. The summed E-state index contributed by atoms with van der Waals surface area (Å²) in [5.74, 6) is 2.72. The van der Waals surface area contributed by atoms with Crippen molar-refractivity contribution >= 4 is 11.6 Å². The molecule has 2 rings (SSSR count). The van der Waals surface area contributed by atoms with E-state index in [9.17, 15) is 0 Å². The molecule has 0 unspecified atom stereocenters. The summed E-state index contributed by atoms with van der Waals surface area (Å²) in [7, 11) is 1.88. The largest absolute Gasteiger partial charge is 0.373 e. The number of rotatable bonds is 2. The van der Waals surface area contributed by atoms with Crippen molar-refractivity contribution in [2.45, 2.75) is 6.92 Å². The minimum Gasteiger partial charge on any atom is -0.373 e. The SMILES string of the molecule is CNc1cc(N2CCNCC2)nc(C)n1. The maximum absolute atomic E-state index is 4.45. The fraction of sp³-hybridized carbons (Fsp3) is 0.600. The molecule has 1 aromatic rings. The molecule has 1 fully saturated rings. The van der Waals surface area contributed by atoms with Crippen LogP contribution < -0.4 is 15.5 Å². The van der Waals surface area contributed by atoms with Crippen LogP contribution in [0.1, 0.15) is 5.82 Å². The number of nitrogens with one attached hydrogen (secondary N) is 2. The second-order valence-corrected chi connectivity index (χ2v) is 3.65. The van der Waals surface area contributed by atoms with Gasteiger partial charge >= 0.3 is 0 Å². The molecule has 0 atom stereocenters. The molecule has 1 aliphatic rings. The van der Waals surface area contributed by atoms with E-state index in [0.29, 0.717) is 0 Å². The average Bonchev–Trinajstić information content (AvgIpc) is 2.29. The first-order chi connectivity index (χ1) is 7.29. The van der Waals surface area contributed by atoms with Gasteiger partial charge in [0.05, 0.1) is 0 Å². The van der Waals surface area contributed by atoms with Crippen LogP contribution in [0.5, 0.6) is 0 Å². The second kappa shape index (κ2) is 4.44. The molecule has 0 amide bonds. The van der Waals surface area contributed by atoms with Gasteiger partial charge in [-0.1, -0.05) is 0 Å². The van der Waals surface area contributed by atoms with Crippen molar-refractivity contribution in [3.8, 4) is 0 Å². The molecule has 82 valence electrons. The molecule has 0 aromatic carbocycles. The molecule has 5 nitrogen and oxygen atoms in total. The number of aryl methyl sites for hydroxylation is 1. The Morgan fingerprint density at radius 2 is 2.07 bits per heavy atom. The minimum atomic E-state index is 0.815. The third-order valence-corrected chi connectivity index (χ3v) is 2.52. The van der Waals surface area contributed by atoms with Crippen molar-refractivity contribution in [2.24, 2.45) is 0 Å². The standard InChI is InChI=1S/C10H17N5/c1-8-13-9(11-2)7-10(14-8)15-5-3-12-4-6-15/h7,12H,3-6H2,1-2H3,(H,11,13,14). The molecule has 0 spiro atoms. The van der Waals surface area contributed by atoms with Gasteiger partial charge in [0.2, 0.25) is 0 Å². The van der Waals surface area contributed by atoms with Crippen molar-refractivity contribution in [1.29, 1.82) is 0 Å². The van der Waals surface area contributed by atoms with E-state index < -0.39 is 0 Å². The molecular weight excluding hydrogens is 190 g/mol. The van der Waals surface area contributed by atoms with E-state index in [1.54, 1.807) is 0 Å². The molecular formula is C10H17N5. The van der Waals surface area contributed by atoms with E-state index in [0.717, 1.165) is 43.6 Å². The first-order valence-corrected chi connectivity index (χ1v) is 5.28. The minimum absolute atomic E-state index is 0.815. The van der Waals surface area contributed by atoms with Crippen LogP contribution in [0.25, 0.3) is 0 Å². The molecule has 1 aliphatic heterocycles. The summed E-state index contributed by atoms with van der Waals surface area (Å²) in [5.41, 5.74) is 0. The van der Waals surface area contributed by atoms with Crippen LogP contribution in [-0.4, -0.2) is 43.2 Å². The summed E-state index contributed by atoms with van der Waals surface area (Å²) < 4.78 is 0. The van der Waals surface area contributed by atoms with Crippen LogP contribution in [0.2, 0.25) is 0 Å². The maximum Gasteiger partial charge on any atom is 0.134 e. The summed E-state index contributed by atoms with van der Waals surface area (Å²) in [6, 6.07) is 2.00. The third kappa shape index (κ3) is 2.36. The quantitative estimate of drug-likeness (QED) is 0.727. The zero-order valence-electron chi connectivity index (χ0n) is 9.25. The van der Waals surface area contributed by atoms with Gasteiger partial charge < -0.3 is 15.5 Å². The van der Waals surface area contributed by atoms with Crippen LogP contribution in [-0.2, 0) is 0 Å². The second-order valence-electron chi connectivity index (χ2n) is 3.65. The van der Waals surface area contributed by atoms with Crippen molar-refractivity contribution in [1.82, 2.24) is 15.3 Å². The summed E-state index contributed by atoms with van der Waals surface area (Å²) in [5, 5.41) is 6.38. The predicted molar refractivity (Wildman–Crippen MR) is 61.4 cm³/mol. The Kier molecular flexibility index (Phi) is 3.01. The van der Waals surface area contributed by atoms with Gasteiger partial charge in [0.1, 0.15) is 17.5 Å². The molecule has 1 aromatic heterocycles. The van der Waals surface area contributed by atoms with Crippen molar-refractivity contribution in [2.75, 3.05) is 43.4 Å². The zero-order valence-corrected chi connectivity index (χ0v) is 9.25. The molecule has 2 N–H and O–H groups in total. The van der Waals surface area contributed by atoms with Crippen LogP contribution in [0.15, 0.2) is 6.07 Å². The molecule has 0 radical (unpaired) electrons. The van der Waals surface area contributed by atoms with Crippen molar-refractivity contribution < 1.29 is 0 Å². The number of aromatic nitrogens is 2. The predicted octanol–water partition coefficient (Wildman–Crippen LogP) is 0.236. The number of nitrogens with zero attached hydrogens (tertiary/aromatic N) is 3. The van der Waals surface area contributed by atoms with Gasteiger partial charge in [0.25, 0.3) is 0 Å². The van der Waals surface area contributed by atoms with E-state index in [2.05, 4.69) is 25.5 Å². The van der Waals surface area contributed by atoms with Crippen LogP contribution >= 0.6 is 0 Å². The highest BCUT2D eigenvalue weighted by Gasteiger charge is 2.12. The van der Waals surface area contributed by atoms with Gasteiger partial charge in [-0.15, -0.1) is 0 Å². The van der Waals surface area contributed by atoms with E-state index in [1.165, 1.54) is 0 Å². The Hall–Kier alpha value is -1.36. The Morgan fingerprint density at radius 3 is 2.73 bits per heavy atom. The number of hydrogen-bond acceptors (Lipinski definition) is 5. The molecule has 0 aliphatic carbocycles. The summed E-state index contributed by atoms with van der Waals surface area (Å²) in [6.45, 7) is 6.00. The Labute approximate surface area is 89.9 Å². The number of hydrogen-bond donors (Lipinski definition) is 2. The van der Waals surface area contributed by atoms with Crippen LogP contribution in [0, 0.1) is 6.92 Å². The highest BCUT2D eigenvalue weighted by Crippen LogP contribution is 2.15. The fourth-order valence-corrected chi connectivity index (χ4v) is 1.74. The zero-order chi connectivity index (χ0) is 10.7. The lowest BCUT2D eigenvalue weighted by atomic mass is 10.3. The number of anilines is 2. The van der Waals surface area contributed by atoms with E-state index in [-0.39, 0.29) is 0 Å². The lowest BCUT2D eigenvalue weighted by Crippen LogP contribution is -2.44. The lowest BCUT2D eigenvalue weighted by molar-refractivity contribution is 0.584. The highest BCUT2D eigenvalue weighted by molar-refractivity contribution is 5.49. The summed E-state index contributed by atoms with van der Waals surface area (Å²) in [6.07, 6.45) is 0. The van der Waals surface area contributed by atoms with E-state index in [4.69, 9.17) is 0 Å². The first-order valence-electron chi connectivity index (χ1n) is 5.28. The van der Waals surface area contributed by atoms with Gasteiger partial charge in [-0.3, -0.25) is 0 Å². The van der Waals surface area contributed by atoms with Gasteiger partial charge in [-0.25, -0.2) is 9.97 Å². The smallest absolute Gasteiger partial charge is 0.134 e. The van der Waals surface area contributed by atoms with Gasteiger partial charge in [0.15, 0.2) is 0 Å². The Morgan fingerprint density at radius 1 is 1.33 bits per heavy atom. The van der Waals surface area contributed by atoms with Crippen molar-refractivity contribution in [3.05, 3.63) is 11.9 Å². The monoisotopic (exact) mass is 207 g/mol. The highest BCUT2D eigenvalue weighted by atomic mass is 15.2. The average molecular weight is 207 g/mol. The van der Waals surface area contributed by atoms with Crippen LogP contribution in [0.4, 0.5) is 11.6 Å². The van der Waals surface area contributed by atoms with Gasteiger partial charge in [0, 0.05) is 39.3 Å². The molecule has 15 heavy (non-hydrogen) atoms. The van der Waals surface area contributed by atoms with Crippen molar-refractivity contribution in [3.63, 3.8) is 0 Å². The molecule has 0 bridgehead atoms. The normalized spacial score (nSPS) is 16.5. The summed E-state index contributed by atoms with van der Waals surface area (Å²) >= 11 is 0. The van der Waals surface area contributed by atoms with Gasteiger partial charge in [-0.05, 0) is 6.92 Å². The molecule has 5 heteroatoms. The van der Waals surface area contributed by atoms with Gasteiger partial charge in [-0.2, -0.15) is 0 Å². The lowest BCUT2D eigenvalue weighted by Gasteiger charge is -2.28. The number of piperazine rings is 1. The van der Waals surface area contributed by atoms with E-state index in [1.807, 2.05) is 20.0 Å². The molecule has 1 saturated heterocycles. The van der Waals surface area contributed by atoms with E-state index >= 15 is 0 Å². The summed E-state index contributed by atoms with van der Waals surface area (Å²) in [4.78, 5) is 11.0. The maximum atomic E-state index is 4.45. The fourth-order valence-electron chi connectivity index (χ4n) is 1.74. The topological polar surface area (TPSA) is 53.1 Å². The Bertz CT molecular complexity index is 333.